The molecule has 0 aliphatic carbocycles. The average Bonchev–Trinajstić information content (AvgIpc) is 3.35. The molecule has 7 nitrogen and oxygen atoms in total. The number of fused-ring (bicyclic) bond motifs is 1. The van der Waals surface area contributed by atoms with Crippen LogP contribution in [0.2, 0.25) is 5.02 Å². The van der Waals surface area contributed by atoms with Gasteiger partial charge in [-0.05, 0) is 61.1 Å². The highest BCUT2D eigenvalue weighted by atomic mass is 35.5. The molecule has 3 aromatic rings. The summed E-state index contributed by atoms with van der Waals surface area (Å²) < 4.78 is 11.2. The minimum absolute atomic E-state index is 0.0657. The first-order valence-electron chi connectivity index (χ1n) is 11.9. The van der Waals surface area contributed by atoms with Gasteiger partial charge in [0, 0.05) is 36.4 Å². The van der Waals surface area contributed by atoms with Crippen LogP contribution in [0.4, 0.5) is 0 Å². The number of amides is 1. The van der Waals surface area contributed by atoms with Gasteiger partial charge in [-0.1, -0.05) is 37.6 Å². The quantitative estimate of drug-likeness (QED) is 0.348. The molecular formula is C27H32ClN3O4. The van der Waals surface area contributed by atoms with Crippen molar-refractivity contribution in [3.05, 3.63) is 63.8 Å². The van der Waals surface area contributed by atoms with Crippen LogP contribution in [0, 0.1) is 12.8 Å². The number of phenolic OH excluding ortho intramolecular Hbond substituents is 1. The van der Waals surface area contributed by atoms with Crippen LogP contribution in [0.3, 0.4) is 0 Å². The Kier molecular flexibility index (Phi) is 7.67. The van der Waals surface area contributed by atoms with E-state index in [-0.39, 0.29) is 11.7 Å². The predicted molar refractivity (Wildman–Crippen MR) is 136 cm³/mol. The van der Waals surface area contributed by atoms with E-state index < -0.39 is 6.04 Å². The van der Waals surface area contributed by atoms with Gasteiger partial charge in [-0.15, -0.1) is 0 Å². The third-order valence-corrected chi connectivity index (χ3v) is 6.69. The van der Waals surface area contributed by atoms with E-state index in [9.17, 15) is 9.90 Å². The SMILES string of the molecule is COCCCN1C(=O)c2[nH]nc(-c3cc(Cl)c(C)cc3O)c2C1c1cccc(OCCC(C)C)c1. The Hall–Kier alpha value is -3.03. The van der Waals surface area contributed by atoms with Crippen LogP contribution >= 0.6 is 11.6 Å². The number of nitrogens with zero attached hydrogens (tertiary/aromatic N) is 2. The van der Waals surface area contributed by atoms with Gasteiger partial charge in [0.25, 0.3) is 5.91 Å². The van der Waals surface area contributed by atoms with Crippen molar-refractivity contribution >= 4 is 17.5 Å². The molecule has 186 valence electrons. The first-order chi connectivity index (χ1) is 16.8. The highest BCUT2D eigenvalue weighted by Gasteiger charge is 2.42. The zero-order chi connectivity index (χ0) is 25.1. The fourth-order valence-electron chi connectivity index (χ4n) is 4.40. The second-order valence-electron chi connectivity index (χ2n) is 9.33. The predicted octanol–water partition coefficient (Wildman–Crippen LogP) is 5.75. The largest absolute Gasteiger partial charge is 0.507 e. The summed E-state index contributed by atoms with van der Waals surface area (Å²) in [4.78, 5) is 15.3. The molecule has 8 heteroatoms. The summed E-state index contributed by atoms with van der Waals surface area (Å²) in [5.41, 5.74) is 3.82. The third-order valence-electron chi connectivity index (χ3n) is 6.28. The summed E-state index contributed by atoms with van der Waals surface area (Å²) in [7, 11) is 1.65. The molecule has 1 aromatic heterocycles. The number of carbonyl (C=O) groups is 1. The molecule has 4 rings (SSSR count). The van der Waals surface area contributed by atoms with Gasteiger partial charge in [0.1, 0.15) is 22.9 Å². The van der Waals surface area contributed by atoms with Gasteiger partial charge in [-0.3, -0.25) is 9.89 Å². The smallest absolute Gasteiger partial charge is 0.273 e. The number of carbonyl (C=O) groups excluding carboxylic acids is 1. The van der Waals surface area contributed by atoms with E-state index in [0.29, 0.717) is 54.1 Å². The van der Waals surface area contributed by atoms with E-state index in [1.165, 1.54) is 0 Å². The number of rotatable bonds is 10. The standard InChI is InChI=1S/C27H32ClN3O4/c1-16(2)9-12-35-19-8-5-7-18(14-19)26-23-24(20-15-21(28)17(3)13-22(20)32)29-30-25(23)27(33)31(26)10-6-11-34-4/h5,7-8,13-16,26,32H,6,9-12H2,1-4H3,(H,29,30). The molecule has 0 spiro atoms. The Balaban J connectivity index is 1.78. The lowest BCUT2D eigenvalue weighted by Gasteiger charge is -2.27. The summed E-state index contributed by atoms with van der Waals surface area (Å²) in [5, 5.41) is 18.6. The summed E-state index contributed by atoms with van der Waals surface area (Å²) in [5.74, 6) is 1.24. The van der Waals surface area contributed by atoms with Gasteiger partial charge in [0.2, 0.25) is 0 Å². The first kappa shape index (κ1) is 25.1. The molecular weight excluding hydrogens is 466 g/mol. The van der Waals surface area contributed by atoms with Crippen molar-refractivity contribution in [3.8, 4) is 22.8 Å². The second-order valence-corrected chi connectivity index (χ2v) is 9.74. The van der Waals surface area contributed by atoms with Crippen molar-refractivity contribution in [2.75, 3.05) is 26.9 Å². The number of methoxy groups -OCH3 is 1. The average molecular weight is 498 g/mol. The van der Waals surface area contributed by atoms with Gasteiger partial charge in [0.05, 0.1) is 12.6 Å². The normalized spacial score (nSPS) is 15.2. The number of aromatic hydroxyl groups is 1. The first-order valence-corrected chi connectivity index (χ1v) is 12.3. The molecule has 2 aromatic carbocycles. The number of ether oxygens (including phenoxy) is 2. The van der Waals surface area contributed by atoms with Crippen molar-refractivity contribution in [1.29, 1.82) is 0 Å². The zero-order valence-corrected chi connectivity index (χ0v) is 21.4. The molecule has 1 aliphatic heterocycles. The minimum atomic E-state index is -0.392. The monoisotopic (exact) mass is 497 g/mol. The third kappa shape index (κ3) is 5.16. The van der Waals surface area contributed by atoms with Crippen LogP contribution in [-0.4, -0.2) is 53.0 Å². The van der Waals surface area contributed by atoms with Gasteiger partial charge >= 0.3 is 0 Å². The summed E-state index contributed by atoms with van der Waals surface area (Å²) in [6, 6.07) is 10.8. The zero-order valence-electron chi connectivity index (χ0n) is 20.6. The van der Waals surface area contributed by atoms with E-state index in [2.05, 4.69) is 24.0 Å². The maximum Gasteiger partial charge on any atom is 0.273 e. The molecule has 1 amide bonds. The Morgan fingerprint density at radius 2 is 2.03 bits per heavy atom. The Bertz CT molecular complexity index is 1210. The molecule has 0 saturated heterocycles. The second kappa shape index (κ2) is 10.7. The number of phenols is 1. The number of aromatic nitrogens is 2. The van der Waals surface area contributed by atoms with Gasteiger partial charge < -0.3 is 19.5 Å². The molecule has 0 radical (unpaired) electrons. The fourth-order valence-corrected chi connectivity index (χ4v) is 4.56. The van der Waals surface area contributed by atoms with Crippen LogP contribution in [0.15, 0.2) is 36.4 Å². The number of nitrogens with one attached hydrogen (secondary N) is 1. The molecule has 0 fully saturated rings. The Morgan fingerprint density at radius 3 is 2.77 bits per heavy atom. The molecule has 1 atom stereocenters. The van der Waals surface area contributed by atoms with Crippen LogP contribution in [0.5, 0.6) is 11.5 Å². The number of aromatic amines is 1. The summed E-state index contributed by atoms with van der Waals surface area (Å²) in [6.07, 6.45) is 1.65. The lowest BCUT2D eigenvalue weighted by atomic mass is 9.95. The van der Waals surface area contributed by atoms with Crippen LogP contribution < -0.4 is 4.74 Å². The number of halogens is 1. The number of hydrogen-bond donors (Lipinski definition) is 2. The van der Waals surface area contributed by atoms with Crippen molar-refractivity contribution in [1.82, 2.24) is 15.1 Å². The number of hydrogen-bond acceptors (Lipinski definition) is 5. The Labute approximate surface area is 211 Å². The van der Waals surface area contributed by atoms with E-state index in [0.717, 1.165) is 28.9 Å². The van der Waals surface area contributed by atoms with E-state index in [1.807, 2.05) is 36.1 Å². The lowest BCUT2D eigenvalue weighted by molar-refractivity contribution is 0.0723. The molecule has 2 heterocycles. The molecule has 35 heavy (non-hydrogen) atoms. The van der Waals surface area contributed by atoms with Crippen molar-refractivity contribution in [3.63, 3.8) is 0 Å². The molecule has 1 unspecified atom stereocenters. The highest BCUT2D eigenvalue weighted by molar-refractivity contribution is 6.31. The summed E-state index contributed by atoms with van der Waals surface area (Å²) in [6.45, 7) is 7.84. The maximum absolute atomic E-state index is 13.5. The van der Waals surface area contributed by atoms with Gasteiger partial charge in [-0.25, -0.2) is 0 Å². The molecule has 0 saturated carbocycles. The maximum atomic E-state index is 13.5. The van der Waals surface area contributed by atoms with Gasteiger partial charge in [0.15, 0.2) is 0 Å². The van der Waals surface area contributed by atoms with Crippen molar-refractivity contribution in [2.45, 2.75) is 39.7 Å². The minimum Gasteiger partial charge on any atom is -0.507 e. The van der Waals surface area contributed by atoms with Crippen LogP contribution in [0.1, 0.15) is 59.9 Å². The number of aryl methyl sites for hydroxylation is 1. The van der Waals surface area contributed by atoms with Crippen LogP contribution in [0.25, 0.3) is 11.3 Å². The summed E-state index contributed by atoms with van der Waals surface area (Å²) >= 11 is 6.38. The Morgan fingerprint density at radius 1 is 1.23 bits per heavy atom. The fraction of sp³-hybridized carbons (Fsp3) is 0.407. The topological polar surface area (TPSA) is 87.7 Å². The number of benzene rings is 2. The van der Waals surface area contributed by atoms with Gasteiger partial charge in [-0.2, -0.15) is 5.10 Å². The number of H-pyrrole nitrogens is 1. The van der Waals surface area contributed by atoms with E-state index >= 15 is 0 Å². The lowest BCUT2D eigenvalue weighted by Crippen LogP contribution is -2.31. The van der Waals surface area contributed by atoms with Crippen molar-refractivity contribution in [2.24, 2.45) is 5.92 Å². The van der Waals surface area contributed by atoms with E-state index in [4.69, 9.17) is 21.1 Å². The molecule has 2 N–H and O–H groups in total. The molecule has 1 aliphatic rings. The highest BCUT2D eigenvalue weighted by Crippen LogP contribution is 2.45. The van der Waals surface area contributed by atoms with E-state index in [1.54, 1.807) is 19.2 Å². The van der Waals surface area contributed by atoms with Crippen molar-refractivity contribution < 1.29 is 19.4 Å². The van der Waals surface area contributed by atoms with Crippen LogP contribution in [-0.2, 0) is 4.74 Å². The molecule has 0 bridgehead atoms.